The molecular formula is C20H22N4O2S2. The summed E-state index contributed by atoms with van der Waals surface area (Å²) in [5.41, 5.74) is 1.71. The summed E-state index contributed by atoms with van der Waals surface area (Å²) in [5, 5.41) is 3.17. The van der Waals surface area contributed by atoms with E-state index < -0.39 is 0 Å². The van der Waals surface area contributed by atoms with Gasteiger partial charge in [0.05, 0.1) is 10.5 Å². The molecule has 28 heavy (non-hydrogen) atoms. The van der Waals surface area contributed by atoms with Gasteiger partial charge < -0.3 is 5.32 Å². The van der Waals surface area contributed by atoms with Gasteiger partial charge in [0.1, 0.15) is 15.8 Å². The number of aromatic nitrogens is 2. The van der Waals surface area contributed by atoms with Crippen LogP contribution in [0.3, 0.4) is 0 Å². The van der Waals surface area contributed by atoms with Gasteiger partial charge in [-0.25, -0.2) is 4.98 Å². The van der Waals surface area contributed by atoms with Gasteiger partial charge in [-0.15, -0.1) is 0 Å². The highest BCUT2D eigenvalue weighted by Gasteiger charge is 2.38. The van der Waals surface area contributed by atoms with Crippen LogP contribution in [0, 0.1) is 6.92 Å². The van der Waals surface area contributed by atoms with Gasteiger partial charge in [0.2, 0.25) is 0 Å². The van der Waals surface area contributed by atoms with E-state index in [1.807, 2.05) is 26.0 Å². The lowest BCUT2D eigenvalue weighted by atomic mass is 10.2. The van der Waals surface area contributed by atoms with Crippen molar-refractivity contribution >= 4 is 51.7 Å². The minimum Gasteiger partial charge on any atom is -0.370 e. The molecule has 2 fully saturated rings. The van der Waals surface area contributed by atoms with Crippen LogP contribution in [0.2, 0.25) is 0 Å². The van der Waals surface area contributed by atoms with Crippen molar-refractivity contribution in [2.24, 2.45) is 0 Å². The number of carbonyl (C=O) groups excluding carboxylic acids is 1. The quantitative estimate of drug-likeness (QED) is 0.609. The third kappa shape index (κ3) is 3.24. The molecule has 4 rings (SSSR count). The Morgan fingerprint density at radius 3 is 2.82 bits per heavy atom. The Morgan fingerprint density at radius 1 is 1.36 bits per heavy atom. The van der Waals surface area contributed by atoms with Crippen molar-refractivity contribution in [3.63, 3.8) is 0 Å². The number of hydrogen-bond donors (Lipinski definition) is 1. The minimum absolute atomic E-state index is 0.0990. The van der Waals surface area contributed by atoms with E-state index in [4.69, 9.17) is 12.2 Å². The summed E-state index contributed by atoms with van der Waals surface area (Å²) < 4.78 is 2.11. The Morgan fingerprint density at radius 2 is 2.11 bits per heavy atom. The molecule has 0 radical (unpaired) electrons. The lowest BCUT2D eigenvalue weighted by Crippen LogP contribution is -2.36. The molecule has 0 bridgehead atoms. The molecule has 0 spiro atoms. The number of nitrogens with one attached hydrogen (secondary N) is 1. The largest absolute Gasteiger partial charge is 0.370 e. The van der Waals surface area contributed by atoms with E-state index in [-0.39, 0.29) is 17.5 Å². The number of aryl methyl sites for hydroxylation is 1. The summed E-state index contributed by atoms with van der Waals surface area (Å²) in [4.78, 5) is 33.0. The van der Waals surface area contributed by atoms with Crippen molar-refractivity contribution in [1.82, 2.24) is 14.3 Å². The first-order valence-electron chi connectivity index (χ1n) is 9.54. The normalized spacial score (nSPS) is 19.4. The molecule has 8 heteroatoms. The van der Waals surface area contributed by atoms with Gasteiger partial charge >= 0.3 is 0 Å². The average Bonchev–Trinajstić information content (AvgIpc) is 3.27. The van der Waals surface area contributed by atoms with Crippen LogP contribution in [-0.2, 0) is 4.79 Å². The van der Waals surface area contributed by atoms with E-state index in [0.717, 1.165) is 31.2 Å². The molecule has 1 amide bonds. The molecule has 0 unspecified atom stereocenters. The summed E-state index contributed by atoms with van der Waals surface area (Å²) in [5.74, 6) is 0.394. The maximum Gasteiger partial charge on any atom is 0.267 e. The fraction of sp³-hybridized carbons (Fsp3) is 0.400. The molecule has 1 saturated heterocycles. The minimum atomic E-state index is -0.198. The van der Waals surface area contributed by atoms with E-state index in [1.165, 1.54) is 16.2 Å². The molecular weight excluding hydrogens is 392 g/mol. The zero-order valence-electron chi connectivity index (χ0n) is 15.9. The van der Waals surface area contributed by atoms with Gasteiger partial charge in [0.25, 0.3) is 11.5 Å². The fourth-order valence-electron chi connectivity index (χ4n) is 3.83. The number of amides is 1. The monoisotopic (exact) mass is 414 g/mol. The third-order valence-electron chi connectivity index (χ3n) is 5.22. The number of thioether (sulfide) groups is 1. The molecule has 3 heterocycles. The predicted octanol–water partition coefficient (Wildman–Crippen LogP) is 3.58. The lowest BCUT2D eigenvalue weighted by Gasteiger charge is -2.21. The molecule has 0 atom stereocenters. The second-order valence-corrected chi connectivity index (χ2v) is 8.76. The maximum absolute atomic E-state index is 13.2. The predicted molar refractivity (Wildman–Crippen MR) is 118 cm³/mol. The van der Waals surface area contributed by atoms with Crippen LogP contribution < -0.4 is 10.9 Å². The zero-order chi connectivity index (χ0) is 19.8. The number of carbonyl (C=O) groups is 1. The number of fused-ring (bicyclic) bond motifs is 1. The zero-order valence-corrected chi connectivity index (χ0v) is 17.5. The number of hydrogen-bond acceptors (Lipinski definition) is 6. The van der Waals surface area contributed by atoms with Crippen LogP contribution in [0.5, 0.6) is 0 Å². The van der Waals surface area contributed by atoms with E-state index in [1.54, 1.807) is 17.2 Å². The Bertz CT molecular complexity index is 1050. The second kappa shape index (κ2) is 7.67. The standard InChI is InChI=1S/C20H22N4O2S2/c1-3-21-16-14(18(25)23-10-6-7-12(2)17(23)22-16)11-15-19(26)24(20(27)28-15)13-8-4-5-9-13/h6-7,10-11,13,21H,3-5,8-9H2,1-2H3. The van der Waals surface area contributed by atoms with Gasteiger partial charge in [-0.05, 0) is 44.4 Å². The van der Waals surface area contributed by atoms with Gasteiger partial charge in [0.15, 0.2) is 0 Å². The Hall–Kier alpha value is -2.19. The van der Waals surface area contributed by atoms with Crippen LogP contribution in [-0.4, -0.2) is 37.1 Å². The van der Waals surface area contributed by atoms with Crippen molar-refractivity contribution in [3.05, 3.63) is 44.7 Å². The summed E-state index contributed by atoms with van der Waals surface area (Å²) in [7, 11) is 0. The molecule has 6 nitrogen and oxygen atoms in total. The molecule has 1 aliphatic carbocycles. The highest BCUT2D eigenvalue weighted by molar-refractivity contribution is 8.26. The molecule has 0 aromatic carbocycles. The number of pyridine rings is 1. The smallest absolute Gasteiger partial charge is 0.267 e. The first-order valence-corrected chi connectivity index (χ1v) is 10.8. The van der Waals surface area contributed by atoms with Crippen LogP contribution >= 0.6 is 24.0 Å². The molecule has 2 aliphatic rings. The Labute approximate surface area is 173 Å². The highest BCUT2D eigenvalue weighted by Crippen LogP contribution is 2.38. The summed E-state index contributed by atoms with van der Waals surface area (Å²) in [6.45, 7) is 4.49. The van der Waals surface area contributed by atoms with E-state index >= 15 is 0 Å². The van der Waals surface area contributed by atoms with Crippen molar-refractivity contribution < 1.29 is 4.79 Å². The number of rotatable bonds is 4. The van der Waals surface area contributed by atoms with E-state index in [9.17, 15) is 9.59 Å². The topological polar surface area (TPSA) is 66.7 Å². The number of nitrogens with zero attached hydrogens (tertiary/aromatic N) is 3. The van der Waals surface area contributed by atoms with Gasteiger partial charge in [-0.2, -0.15) is 0 Å². The molecule has 1 saturated carbocycles. The van der Waals surface area contributed by atoms with E-state index in [0.29, 0.717) is 32.8 Å². The second-order valence-electron chi connectivity index (χ2n) is 7.08. The Kier molecular flexibility index (Phi) is 5.25. The van der Waals surface area contributed by atoms with Crippen molar-refractivity contribution in [1.29, 1.82) is 0 Å². The van der Waals surface area contributed by atoms with Crippen molar-refractivity contribution in [2.75, 3.05) is 11.9 Å². The molecule has 1 N–H and O–H groups in total. The molecule has 146 valence electrons. The number of thiocarbonyl (C=S) groups is 1. The molecule has 2 aromatic rings. The van der Waals surface area contributed by atoms with Gasteiger partial charge in [-0.3, -0.25) is 18.9 Å². The van der Waals surface area contributed by atoms with Crippen LogP contribution in [0.15, 0.2) is 28.0 Å². The Balaban J connectivity index is 1.81. The molecule has 1 aliphatic heterocycles. The van der Waals surface area contributed by atoms with Crippen LogP contribution in [0.1, 0.15) is 43.7 Å². The maximum atomic E-state index is 13.2. The van der Waals surface area contributed by atoms with Crippen LogP contribution in [0.25, 0.3) is 11.7 Å². The van der Waals surface area contributed by atoms with Gasteiger partial charge in [-0.1, -0.05) is 42.9 Å². The number of anilines is 1. The lowest BCUT2D eigenvalue weighted by molar-refractivity contribution is -0.123. The average molecular weight is 415 g/mol. The third-order valence-corrected chi connectivity index (χ3v) is 6.55. The summed E-state index contributed by atoms with van der Waals surface area (Å²) in [6, 6.07) is 3.93. The van der Waals surface area contributed by atoms with Gasteiger partial charge in [0, 0.05) is 18.8 Å². The summed E-state index contributed by atoms with van der Waals surface area (Å²) in [6.07, 6.45) is 7.58. The van der Waals surface area contributed by atoms with Crippen molar-refractivity contribution in [3.8, 4) is 0 Å². The summed E-state index contributed by atoms with van der Waals surface area (Å²) >= 11 is 6.74. The first-order chi connectivity index (χ1) is 13.5. The SMILES string of the molecule is CCNc1nc2c(C)cccn2c(=O)c1C=C1SC(=S)N(C2CCCC2)C1=O. The van der Waals surface area contributed by atoms with Crippen molar-refractivity contribution in [2.45, 2.75) is 45.6 Å². The van der Waals surface area contributed by atoms with E-state index in [2.05, 4.69) is 10.3 Å². The fourth-order valence-corrected chi connectivity index (χ4v) is 5.21. The first kappa shape index (κ1) is 19.1. The highest BCUT2D eigenvalue weighted by atomic mass is 32.2. The molecule has 2 aromatic heterocycles. The van der Waals surface area contributed by atoms with Crippen LogP contribution in [0.4, 0.5) is 5.82 Å².